The molecular weight excluding hydrogens is 846 g/mol. The maximum Gasteiger partial charge on any atom is 0.305 e. The maximum atomic E-state index is 13.5. The van der Waals surface area contributed by atoms with E-state index in [-0.39, 0.29) is 65.8 Å². The van der Waals surface area contributed by atoms with E-state index in [1.165, 1.54) is 33.2 Å². The van der Waals surface area contributed by atoms with E-state index in [0.29, 0.717) is 0 Å². The van der Waals surface area contributed by atoms with Crippen molar-refractivity contribution in [2.24, 2.45) is 5.92 Å². The first-order chi connectivity index (χ1) is 29.8. The Morgan fingerprint density at radius 3 is 1.56 bits per heavy atom. The van der Waals surface area contributed by atoms with Gasteiger partial charge in [0.1, 0.15) is 36.8 Å². The van der Waals surface area contributed by atoms with Crippen molar-refractivity contribution in [1.82, 2.24) is 46.9 Å². The van der Waals surface area contributed by atoms with Gasteiger partial charge in [-0.1, -0.05) is 19.1 Å². The lowest BCUT2D eigenvalue weighted by atomic mass is 10.0. The molecule has 0 unspecified atom stereocenters. The minimum atomic E-state index is -1.75. The molecule has 0 aliphatic carbocycles. The maximum absolute atomic E-state index is 13.5. The number of nitrogens with one attached hydrogen (secondary N) is 6. The molecule has 0 aliphatic heterocycles. The van der Waals surface area contributed by atoms with Gasteiger partial charge < -0.3 is 71.3 Å². The molecule has 27 heteroatoms. The van der Waals surface area contributed by atoms with E-state index >= 15 is 0 Å². The van der Waals surface area contributed by atoms with Gasteiger partial charge in [-0.3, -0.25) is 47.9 Å². The third-order valence-corrected chi connectivity index (χ3v) is 8.22. The molecule has 0 spiro atoms. The first kappa shape index (κ1) is 54.7. The zero-order chi connectivity index (χ0) is 47.3. The van der Waals surface area contributed by atoms with Gasteiger partial charge in [0.2, 0.25) is 35.4 Å². The third-order valence-electron chi connectivity index (χ3n) is 8.22. The van der Waals surface area contributed by atoms with E-state index in [9.17, 15) is 63.3 Å². The number of hydrogen-bond acceptors (Lipinski definition) is 16. The molecule has 354 valence electrons. The molecule has 1 aromatic rings. The monoisotopic (exact) mass is 903 g/mol. The molecule has 0 saturated heterocycles. The Morgan fingerprint density at radius 2 is 1.05 bits per heavy atom. The highest BCUT2D eigenvalue weighted by molar-refractivity contribution is 5.98. The number of aliphatic carboxylic acids is 4. The Bertz CT molecular complexity index is 1660. The number of rotatable bonds is 35. The topological polar surface area (TPSA) is 391 Å². The van der Waals surface area contributed by atoms with Crippen molar-refractivity contribution >= 4 is 59.3 Å². The minimum absolute atomic E-state index is 0.0296. The number of ether oxygens (including phenoxy) is 4. The predicted octanol–water partition coefficient (Wildman–Crippen LogP) is -4.15. The van der Waals surface area contributed by atoms with Crippen LogP contribution < -0.4 is 31.9 Å². The van der Waals surface area contributed by atoms with Gasteiger partial charge >= 0.3 is 23.9 Å². The summed E-state index contributed by atoms with van der Waals surface area (Å²) in [4.78, 5) is 123. The highest BCUT2D eigenvalue weighted by Gasteiger charge is 2.34. The molecule has 1 heterocycles. The van der Waals surface area contributed by atoms with Crippen LogP contribution in [0.4, 0.5) is 0 Å². The molecule has 6 amide bonds. The first-order valence-electron chi connectivity index (χ1n) is 19.6. The molecule has 63 heavy (non-hydrogen) atoms. The van der Waals surface area contributed by atoms with Crippen molar-refractivity contribution < 1.29 is 87.3 Å². The summed E-state index contributed by atoms with van der Waals surface area (Å²) < 4.78 is 22.2. The van der Waals surface area contributed by atoms with Crippen molar-refractivity contribution in [2.75, 3.05) is 59.4 Å². The Morgan fingerprint density at radius 1 is 0.556 bits per heavy atom. The quantitative estimate of drug-likeness (QED) is 0.0289. The summed E-state index contributed by atoms with van der Waals surface area (Å²) in [6.45, 7) is 5.48. The first-order valence-corrected chi connectivity index (χ1v) is 19.6. The van der Waals surface area contributed by atoms with Crippen molar-refractivity contribution in [1.29, 1.82) is 0 Å². The molecular formula is C36H57N9O18. The molecule has 10 N–H and O–H groups in total. The summed E-state index contributed by atoms with van der Waals surface area (Å²) >= 11 is 0. The molecule has 27 nitrogen and oxygen atoms in total. The van der Waals surface area contributed by atoms with E-state index < -0.39 is 128 Å². The van der Waals surface area contributed by atoms with Gasteiger partial charge in [-0.25, -0.2) is 4.68 Å². The highest BCUT2D eigenvalue weighted by Crippen LogP contribution is 2.08. The summed E-state index contributed by atoms with van der Waals surface area (Å²) in [5.41, 5.74) is 0. The van der Waals surface area contributed by atoms with Crippen molar-refractivity contribution in [2.45, 2.75) is 89.6 Å². The number of nitrogens with zero attached hydrogens (tertiary/aromatic N) is 3. The SMILES string of the molecule is CC(C)[C@H](NC(=O)[C@H](CCC(=O)O)NC(=O)[C@H](CC(=O)O)NC(=O)Cn1ccnn1)C(=O)N[C@@H](CC(=O)O)C(=O)N[C@@H](C)C(=O)NCCOCCOCCOCCOCCC(=O)O. The second-order valence-electron chi connectivity index (χ2n) is 13.8. The molecule has 0 aliphatic rings. The molecule has 0 fully saturated rings. The van der Waals surface area contributed by atoms with Crippen LogP contribution in [0.15, 0.2) is 12.4 Å². The van der Waals surface area contributed by atoms with Crippen molar-refractivity contribution in [3.8, 4) is 0 Å². The Balaban J connectivity index is 2.76. The molecule has 0 radical (unpaired) electrons. The Labute approximate surface area is 360 Å². The number of carbonyl (C=O) groups is 10. The van der Waals surface area contributed by atoms with E-state index in [4.69, 9.17) is 24.1 Å². The van der Waals surface area contributed by atoms with E-state index in [2.05, 4.69) is 42.2 Å². The third kappa shape index (κ3) is 25.3. The summed E-state index contributed by atoms with van der Waals surface area (Å²) in [5, 5.41) is 57.6. The minimum Gasteiger partial charge on any atom is -0.481 e. The van der Waals surface area contributed by atoms with Crippen molar-refractivity contribution in [3.63, 3.8) is 0 Å². The van der Waals surface area contributed by atoms with E-state index in [0.717, 1.165) is 4.68 Å². The van der Waals surface area contributed by atoms with Gasteiger partial charge in [-0.05, 0) is 19.3 Å². The largest absolute Gasteiger partial charge is 0.481 e. The smallest absolute Gasteiger partial charge is 0.305 e. The predicted molar refractivity (Wildman–Crippen MR) is 210 cm³/mol. The van der Waals surface area contributed by atoms with Gasteiger partial charge in [-0.2, -0.15) is 0 Å². The van der Waals surface area contributed by atoms with Gasteiger partial charge in [0.25, 0.3) is 0 Å². The fraction of sp³-hybridized carbons (Fsp3) is 0.667. The van der Waals surface area contributed by atoms with Crippen LogP contribution in [0.3, 0.4) is 0 Å². The standard InChI is InChI=1S/C36H57N9O18/c1-21(2)31(43-33(56)23(4-5-27(47)48)41-35(58)24(18-29(51)52)40-26(46)20-45-9-7-38-44-45)36(59)42-25(19-30(53)54)34(57)39-22(3)32(55)37-8-11-61-13-15-63-17-16-62-14-12-60-10-6-28(49)50/h7,9,21-25,31H,4-6,8,10-20H2,1-3H3,(H,37,55)(H,39,57)(H,40,46)(H,41,58)(H,42,59)(H,43,56)(H,47,48)(H,49,50)(H,51,52)(H,53,54)/t22-,23-,24-,25-,31-/m0/s1. The number of hydrogen-bond donors (Lipinski definition) is 10. The average Bonchev–Trinajstić information content (AvgIpc) is 3.71. The molecule has 1 rings (SSSR count). The van der Waals surface area contributed by atoms with Crippen LogP contribution in [0.5, 0.6) is 0 Å². The molecule has 0 saturated carbocycles. The van der Waals surface area contributed by atoms with Gasteiger partial charge in [0, 0.05) is 19.2 Å². The number of carboxylic acids is 4. The summed E-state index contributed by atoms with van der Waals surface area (Å²) in [6.07, 6.45) is -0.604. The summed E-state index contributed by atoms with van der Waals surface area (Å²) in [6, 6.07) is -7.91. The normalized spacial score (nSPS) is 13.3. The number of amides is 6. The van der Waals surface area contributed by atoms with Crippen LogP contribution in [0.2, 0.25) is 0 Å². The Kier molecular flexibility index (Phi) is 26.6. The van der Waals surface area contributed by atoms with Crippen LogP contribution in [-0.2, 0) is 73.4 Å². The van der Waals surface area contributed by atoms with Crippen molar-refractivity contribution in [3.05, 3.63) is 12.4 Å². The lowest BCUT2D eigenvalue weighted by Gasteiger charge is -2.28. The lowest BCUT2D eigenvalue weighted by Crippen LogP contribution is -2.60. The zero-order valence-corrected chi connectivity index (χ0v) is 35.1. The molecule has 5 atom stereocenters. The molecule has 0 aromatic carbocycles. The number of aromatic nitrogens is 3. The van der Waals surface area contributed by atoms with Crippen LogP contribution in [0, 0.1) is 5.92 Å². The lowest BCUT2D eigenvalue weighted by molar-refractivity contribution is -0.142. The summed E-state index contributed by atoms with van der Waals surface area (Å²) in [5.74, 6) is -12.0. The molecule has 1 aromatic heterocycles. The van der Waals surface area contributed by atoms with Crippen LogP contribution in [-0.4, -0.2) is 184 Å². The van der Waals surface area contributed by atoms with E-state index in [1.54, 1.807) is 0 Å². The van der Waals surface area contributed by atoms with Gasteiger partial charge in [-0.15, -0.1) is 5.10 Å². The second kappa shape index (κ2) is 30.7. The van der Waals surface area contributed by atoms with Gasteiger partial charge in [0.05, 0.1) is 78.3 Å². The van der Waals surface area contributed by atoms with Crippen LogP contribution in [0.1, 0.15) is 52.9 Å². The average molecular weight is 904 g/mol. The fourth-order valence-corrected chi connectivity index (χ4v) is 5.03. The number of carboxylic acid groups (broad SMARTS) is 4. The highest BCUT2D eigenvalue weighted by atomic mass is 16.6. The number of carbonyl (C=O) groups excluding carboxylic acids is 6. The second-order valence-corrected chi connectivity index (χ2v) is 13.8. The van der Waals surface area contributed by atoms with Crippen LogP contribution >= 0.6 is 0 Å². The fourth-order valence-electron chi connectivity index (χ4n) is 5.03. The van der Waals surface area contributed by atoms with E-state index in [1.807, 2.05) is 0 Å². The van der Waals surface area contributed by atoms with Gasteiger partial charge in [0.15, 0.2) is 0 Å². The summed E-state index contributed by atoms with van der Waals surface area (Å²) in [7, 11) is 0. The van der Waals surface area contributed by atoms with Crippen LogP contribution in [0.25, 0.3) is 0 Å². The Hall–Kier alpha value is -6.32. The molecule has 0 bridgehead atoms. The zero-order valence-electron chi connectivity index (χ0n) is 35.1.